The zero-order chi connectivity index (χ0) is 15.6. The van der Waals surface area contributed by atoms with Gasteiger partial charge in [0.15, 0.2) is 0 Å². The maximum absolute atomic E-state index is 10.9. The summed E-state index contributed by atoms with van der Waals surface area (Å²) in [6, 6.07) is 10.8. The van der Waals surface area contributed by atoms with E-state index in [1.165, 1.54) is 0 Å². The molecule has 1 aliphatic heterocycles. The Morgan fingerprint density at radius 1 is 1.14 bits per heavy atom. The molecule has 1 aromatic carbocycles. The van der Waals surface area contributed by atoms with Crippen molar-refractivity contribution in [2.45, 2.75) is 39.0 Å². The minimum Gasteiger partial charge on any atom is -0.387 e. The predicted octanol–water partition coefficient (Wildman–Crippen LogP) is 2.63. The van der Waals surface area contributed by atoms with E-state index in [4.69, 9.17) is 0 Å². The van der Waals surface area contributed by atoms with E-state index in [9.17, 15) is 5.11 Å². The fourth-order valence-electron chi connectivity index (χ4n) is 3.74. The molecule has 1 saturated heterocycles. The summed E-state index contributed by atoms with van der Waals surface area (Å²) < 4.78 is 0. The second-order valence-corrected chi connectivity index (χ2v) is 7.05. The molecule has 3 nitrogen and oxygen atoms in total. The van der Waals surface area contributed by atoms with Gasteiger partial charge in [-0.2, -0.15) is 0 Å². The Balaban J connectivity index is 2.17. The molecule has 1 aromatic rings. The van der Waals surface area contributed by atoms with E-state index in [1.54, 1.807) is 0 Å². The summed E-state index contributed by atoms with van der Waals surface area (Å²) in [4.78, 5) is 4.80. The highest BCUT2D eigenvalue weighted by molar-refractivity contribution is 5.19. The summed E-state index contributed by atoms with van der Waals surface area (Å²) in [6.45, 7) is 8.85. The van der Waals surface area contributed by atoms with Gasteiger partial charge in [0.05, 0.1) is 6.10 Å². The van der Waals surface area contributed by atoms with Crippen LogP contribution in [0.4, 0.5) is 0 Å². The van der Waals surface area contributed by atoms with Crippen LogP contribution in [0.5, 0.6) is 0 Å². The average Bonchev–Trinajstić information content (AvgIpc) is 2.81. The second-order valence-electron chi connectivity index (χ2n) is 7.05. The first-order chi connectivity index (χ1) is 9.91. The van der Waals surface area contributed by atoms with Crippen LogP contribution in [0.3, 0.4) is 0 Å². The topological polar surface area (TPSA) is 26.7 Å². The van der Waals surface area contributed by atoms with Crippen molar-refractivity contribution >= 4 is 0 Å². The van der Waals surface area contributed by atoms with E-state index in [0.29, 0.717) is 17.9 Å². The van der Waals surface area contributed by atoms with Crippen LogP contribution in [0, 0.1) is 11.8 Å². The first-order valence-corrected chi connectivity index (χ1v) is 8.05. The Kier molecular flexibility index (Phi) is 5.42. The quantitative estimate of drug-likeness (QED) is 0.903. The Labute approximate surface area is 129 Å². The lowest BCUT2D eigenvalue weighted by Crippen LogP contribution is -2.43. The lowest BCUT2D eigenvalue weighted by Gasteiger charge is -2.35. The van der Waals surface area contributed by atoms with E-state index < -0.39 is 6.10 Å². The Morgan fingerprint density at radius 3 is 2.24 bits per heavy atom. The van der Waals surface area contributed by atoms with Crippen LogP contribution in [0.1, 0.15) is 32.4 Å². The first-order valence-electron chi connectivity index (χ1n) is 8.05. The summed E-state index contributed by atoms with van der Waals surface area (Å²) in [7, 11) is 4.31. The number of aliphatic hydroxyl groups is 1. The van der Waals surface area contributed by atoms with E-state index in [2.05, 4.69) is 44.7 Å². The van der Waals surface area contributed by atoms with Gasteiger partial charge in [0.2, 0.25) is 0 Å². The summed E-state index contributed by atoms with van der Waals surface area (Å²) in [5.41, 5.74) is 1.03. The smallest absolute Gasteiger partial charge is 0.0947 e. The van der Waals surface area contributed by atoms with Crippen LogP contribution in [0.25, 0.3) is 0 Å². The van der Waals surface area contributed by atoms with Gasteiger partial charge in [-0.05, 0) is 31.5 Å². The first kappa shape index (κ1) is 16.5. The minimum absolute atomic E-state index is 0.180. The molecule has 1 N–H and O–H groups in total. The zero-order valence-corrected chi connectivity index (χ0v) is 14.0. The van der Waals surface area contributed by atoms with Gasteiger partial charge in [0.25, 0.3) is 0 Å². The van der Waals surface area contributed by atoms with Crippen LogP contribution in [0.15, 0.2) is 30.3 Å². The third-order valence-electron chi connectivity index (χ3n) is 4.83. The van der Waals surface area contributed by atoms with Crippen molar-refractivity contribution in [2.24, 2.45) is 11.8 Å². The van der Waals surface area contributed by atoms with Crippen molar-refractivity contribution in [2.75, 3.05) is 27.2 Å². The van der Waals surface area contributed by atoms with Crippen molar-refractivity contribution in [1.82, 2.24) is 9.80 Å². The molecule has 4 unspecified atom stereocenters. The van der Waals surface area contributed by atoms with E-state index in [1.807, 2.05) is 30.3 Å². The number of nitrogens with zero attached hydrogens (tertiary/aromatic N) is 2. The number of rotatable bonds is 5. The van der Waals surface area contributed by atoms with Gasteiger partial charge in [-0.3, -0.25) is 4.90 Å². The number of likely N-dealkylation sites (N-methyl/N-ethyl adjacent to an activating group) is 1. The molecule has 0 aromatic heterocycles. The summed E-state index contributed by atoms with van der Waals surface area (Å²) in [5.74, 6) is 1.07. The monoisotopic (exact) mass is 290 g/mol. The molecule has 0 spiro atoms. The van der Waals surface area contributed by atoms with Crippen LogP contribution in [-0.2, 0) is 0 Å². The highest BCUT2D eigenvalue weighted by Gasteiger charge is 2.38. The Bertz CT molecular complexity index is 432. The summed E-state index contributed by atoms with van der Waals surface area (Å²) >= 11 is 0. The van der Waals surface area contributed by atoms with Crippen LogP contribution >= 0.6 is 0 Å². The highest BCUT2D eigenvalue weighted by atomic mass is 16.3. The van der Waals surface area contributed by atoms with Crippen molar-refractivity contribution in [3.8, 4) is 0 Å². The van der Waals surface area contributed by atoms with E-state index >= 15 is 0 Å². The molecular formula is C18H30N2O. The van der Waals surface area contributed by atoms with Gasteiger partial charge in [-0.1, -0.05) is 51.1 Å². The van der Waals surface area contributed by atoms with Crippen molar-refractivity contribution in [3.63, 3.8) is 0 Å². The number of aliphatic hydroxyl groups excluding tert-OH is 1. The molecule has 0 bridgehead atoms. The highest BCUT2D eigenvalue weighted by Crippen LogP contribution is 2.31. The molecule has 0 aliphatic carbocycles. The van der Waals surface area contributed by atoms with E-state index in [0.717, 1.165) is 18.7 Å². The fourth-order valence-corrected chi connectivity index (χ4v) is 3.74. The largest absolute Gasteiger partial charge is 0.387 e. The molecule has 0 radical (unpaired) electrons. The molecule has 118 valence electrons. The van der Waals surface area contributed by atoms with Crippen LogP contribution in [0.2, 0.25) is 0 Å². The number of likely N-dealkylation sites (tertiary alicyclic amines) is 1. The standard InChI is InChI=1S/C18H30N2O/c1-13(2)17(18(21)15-9-7-6-8-10-15)20-11-14(3)16(12-20)19(4)5/h6-10,13-14,16-18,21H,11-12H2,1-5H3. The molecule has 1 aliphatic rings. The van der Waals surface area contributed by atoms with Gasteiger partial charge in [-0.25, -0.2) is 0 Å². The Hall–Kier alpha value is -0.900. The molecule has 2 rings (SSSR count). The zero-order valence-electron chi connectivity index (χ0n) is 14.0. The molecule has 21 heavy (non-hydrogen) atoms. The molecular weight excluding hydrogens is 260 g/mol. The molecule has 0 amide bonds. The molecule has 1 heterocycles. The number of benzene rings is 1. The Morgan fingerprint density at radius 2 is 1.76 bits per heavy atom. The SMILES string of the molecule is CC(C)C(C(O)c1ccccc1)N1CC(C)C(N(C)C)C1. The van der Waals surface area contributed by atoms with Crippen molar-refractivity contribution < 1.29 is 5.11 Å². The third-order valence-corrected chi connectivity index (χ3v) is 4.83. The summed E-state index contributed by atoms with van der Waals surface area (Å²) in [5, 5.41) is 10.9. The van der Waals surface area contributed by atoms with Gasteiger partial charge in [0, 0.05) is 25.2 Å². The van der Waals surface area contributed by atoms with E-state index in [-0.39, 0.29) is 6.04 Å². The maximum Gasteiger partial charge on any atom is 0.0947 e. The summed E-state index contributed by atoms with van der Waals surface area (Å²) in [6.07, 6.45) is -0.417. The van der Waals surface area contributed by atoms with Gasteiger partial charge in [-0.15, -0.1) is 0 Å². The van der Waals surface area contributed by atoms with Gasteiger partial charge >= 0.3 is 0 Å². The van der Waals surface area contributed by atoms with Crippen LogP contribution in [-0.4, -0.2) is 54.2 Å². The van der Waals surface area contributed by atoms with Crippen molar-refractivity contribution in [1.29, 1.82) is 0 Å². The number of hydrogen-bond donors (Lipinski definition) is 1. The predicted molar refractivity (Wildman–Crippen MR) is 88.2 cm³/mol. The van der Waals surface area contributed by atoms with Gasteiger partial charge in [0.1, 0.15) is 0 Å². The molecule has 1 fully saturated rings. The average molecular weight is 290 g/mol. The minimum atomic E-state index is -0.417. The fraction of sp³-hybridized carbons (Fsp3) is 0.667. The van der Waals surface area contributed by atoms with Gasteiger partial charge < -0.3 is 10.0 Å². The normalized spacial score (nSPS) is 26.5. The lowest BCUT2D eigenvalue weighted by atomic mass is 9.92. The third kappa shape index (κ3) is 3.65. The van der Waals surface area contributed by atoms with Crippen LogP contribution < -0.4 is 0 Å². The van der Waals surface area contributed by atoms with Crippen molar-refractivity contribution in [3.05, 3.63) is 35.9 Å². The maximum atomic E-state index is 10.9. The molecule has 3 heteroatoms. The molecule has 0 saturated carbocycles. The second kappa shape index (κ2) is 6.91. The molecule has 4 atom stereocenters. The lowest BCUT2D eigenvalue weighted by molar-refractivity contribution is 0.0314. The number of hydrogen-bond acceptors (Lipinski definition) is 3.